The van der Waals surface area contributed by atoms with Gasteiger partial charge in [-0.05, 0) is 42.9 Å². The smallest absolute Gasteiger partial charge is 0.316 e. The average molecular weight is 518 g/mol. The molecule has 3 saturated carbocycles. The molecule has 0 spiro atoms. The predicted octanol–water partition coefficient (Wildman–Crippen LogP) is 3.81. The molecule has 0 saturated heterocycles. The molecule has 1 heterocycles. The molecule has 0 unspecified atom stereocenters. The average Bonchev–Trinajstić information content (AvgIpc) is 3.21. The number of anilines is 1. The highest BCUT2D eigenvalue weighted by atomic mass is 32.2. The summed E-state index contributed by atoms with van der Waals surface area (Å²) in [6.45, 7) is 12.4. The number of hydrogen-bond acceptors (Lipinski definition) is 8. The quantitative estimate of drug-likeness (QED) is 0.225. The highest BCUT2D eigenvalue weighted by molar-refractivity contribution is 7.99. The van der Waals surface area contributed by atoms with Gasteiger partial charge in [0.2, 0.25) is 0 Å². The molecular weight excluding hydrogens is 478 g/mol. The first kappa shape index (κ1) is 26.9. The lowest BCUT2D eigenvalue weighted by Gasteiger charge is -2.61. The Labute approximate surface area is 217 Å². The normalized spacial score (nSPS) is 40.1. The van der Waals surface area contributed by atoms with Crippen molar-refractivity contribution in [3.63, 3.8) is 0 Å². The van der Waals surface area contributed by atoms with E-state index in [1.54, 1.807) is 13.1 Å². The van der Waals surface area contributed by atoms with Crippen LogP contribution in [0.15, 0.2) is 28.7 Å². The minimum atomic E-state index is -0.699. The summed E-state index contributed by atoms with van der Waals surface area (Å²) in [4.78, 5) is 45.4. The number of thioether (sulfide) groups is 1. The number of hydrogen-bond donors (Lipinski definition) is 3. The lowest BCUT2D eigenvalue weighted by atomic mass is 9.44. The summed E-state index contributed by atoms with van der Waals surface area (Å²) in [5.74, 6) is 0.00865. The summed E-state index contributed by atoms with van der Waals surface area (Å²) in [5, 5.41) is 14.7. The number of carbonyl (C=O) groups is 2. The number of nitrogens with zero attached hydrogens (tertiary/aromatic N) is 1. The van der Waals surface area contributed by atoms with Gasteiger partial charge in [-0.1, -0.05) is 45.5 Å². The SMILES string of the molecule is C=C[C@]1(C)C[C@@H](OC(=O)CSc2nc(NC)cc(=O)[nH]2)[C@]2(C)[C@H](C)CC[C@]3(CCC(=O)[C@H]32)[C@@H](C)[C@@H]1O. The van der Waals surface area contributed by atoms with E-state index in [-0.39, 0.29) is 40.3 Å². The molecule has 36 heavy (non-hydrogen) atoms. The van der Waals surface area contributed by atoms with Crippen LogP contribution in [0.5, 0.6) is 0 Å². The Balaban J connectivity index is 1.67. The molecule has 8 nitrogen and oxygen atoms in total. The van der Waals surface area contributed by atoms with E-state index in [9.17, 15) is 19.5 Å². The molecule has 0 radical (unpaired) electrons. The van der Waals surface area contributed by atoms with Crippen LogP contribution in [0.1, 0.15) is 59.8 Å². The van der Waals surface area contributed by atoms with E-state index in [1.807, 2.05) is 6.92 Å². The van der Waals surface area contributed by atoms with E-state index in [0.717, 1.165) is 31.0 Å². The monoisotopic (exact) mass is 517 g/mol. The Morgan fingerprint density at radius 2 is 2.08 bits per heavy atom. The van der Waals surface area contributed by atoms with Crippen molar-refractivity contribution in [3.8, 4) is 0 Å². The van der Waals surface area contributed by atoms with Crippen LogP contribution in [0.2, 0.25) is 0 Å². The van der Waals surface area contributed by atoms with Gasteiger partial charge in [0.25, 0.3) is 5.56 Å². The van der Waals surface area contributed by atoms with Crippen molar-refractivity contribution in [2.75, 3.05) is 18.1 Å². The van der Waals surface area contributed by atoms with Gasteiger partial charge >= 0.3 is 5.97 Å². The number of aromatic amines is 1. The van der Waals surface area contributed by atoms with Crippen molar-refractivity contribution in [1.82, 2.24) is 9.97 Å². The van der Waals surface area contributed by atoms with Crippen molar-refractivity contribution in [1.29, 1.82) is 0 Å². The summed E-state index contributed by atoms with van der Waals surface area (Å²) < 4.78 is 6.22. The first-order valence-electron chi connectivity index (χ1n) is 12.9. The van der Waals surface area contributed by atoms with Crippen LogP contribution in [0.4, 0.5) is 5.82 Å². The Morgan fingerprint density at radius 3 is 2.75 bits per heavy atom. The van der Waals surface area contributed by atoms with Crippen LogP contribution in [0.3, 0.4) is 0 Å². The second-order valence-corrected chi connectivity index (χ2v) is 12.5. The number of esters is 1. The second kappa shape index (κ2) is 9.63. The molecule has 0 amide bonds. The first-order chi connectivity index (χ1) is 16.9. The van der Waals surface area contributed by atoms with E-state index in [2.05, 4.69) is 42.6 Å². The third kappa shape index (κ3) is 4.22. The molecular formula is C27H39N3O5S. The highest BCUT2D eigenvalue weighted by Gasteiger charge is 2.68. The van der Waals surface area contributed by atoms with Crippen molar-refractivity contribution >= 4 is 29.3 Å². The number of aliphatic hydroxyl groups excluding tert-OH is 1. The van der Waals surface area contributed by atoms with Crippen molar-refractivity contribution in [2.24, 2.45) is 34.0 Å². The van der Waals surface area contributed by atoms with Gasteiger partial charge in [-0.3, -0.25) is 14.4 Å². The number of H-pyrrole nitrogens is 1. The minimum absolute atomic E-state index is 0.0371. The predicted molar refractivity (Wildman–Crippen MR) is 140 cm³/mol. The number of aliphatic hydroxyl groups is 1. The van der Waals surface area contributed by atoms with Gasteiger partial charge in [0.15, 0.2) is 5.16 Å². The van der Waals surface area contributed by atoms with Crippen LogP contribution < -0.4 is 10.9 Å². The number of ketones is 1. The third-order valence-corrected chi connectivity index (χ3v) is 10.7. The van der Waals surface area contributed by atoms with Crippen molar-refractivity contribution in [2.45, 2.75) is 77.2 Å². The number of carbonyl (C=O) groups excluding carboxylic acids is 2. The van der Waals surface area contributed by atoms with E-state index in [1.165, 1.54) is 6.07 Å². The zero-order valence-corrected chi connectivity index (χ0v) is 22.7. The number of nitrogens with one attached hydrogen (secondary N) is 2. The van der Waals surface area contributed by atoms with Gasteiger partial charge in [0.05, 0.1) is 11.9 Å². The molecule has 4 rings (SSSR count). The van der Waals surface area contributed by atoms with Crippen LogP contribution in [0.25, 0.3) is 0 Å². The Morgan fingerprint density at radius 1 is 1.36 bits per heavy atom. The molecule has 9 heteroatoms. The molecule has 0 aliphatic heterocycles. The van der Waals surface area contributed by atoms with Crippen LogP contribution in [-0.4, -0.2) is 51.8 Å². The summed E-state index contributed by atoms with van der Waals surface area (Å²) >= 11 is 1.10. The fourth-order valence-electron chi connectivity index (χ4n) is 7.45. The summed E-state index contributed by atoms with van der Waals surface area (Å²) in [7, 11) is 1.67. The lowest BCUT2D eigenvalue weighted by Crippen LogP contribution is -2.63. The van der Waals surface area contributed by atoms with Gasteiger partial charge < -0.3 is 20.1 Å². The molecule has 3 N–H and O–H groups in total. The standard InChI is InChI=1S/C27H39N3O5S/c1-7-25(4)13-18(35-21(33)14-36-24-29-19(28-6)12-20(32)30-24)26(5)15(2)8-10-27(16(3)23(25)34)11-9-17(31)22(26)27/h7,12,15-16,18,22-23,34H,1,8-11,13-14H2,2-6H3,(H2,28,29,30,32)/t15-,16+,18-,22+,23+,25-,26+,27+/m1/s1. The zero-order chi connectivity index (χ0) is 26.5. The molecule has 0 aromatic carbocycles. The van der Waals surface area contributed by atoms with E-state index in [0.29, 0.717) is 23.8 Å². The van der Waals surface area contributed by atoms with Crippen LogP contribution >= 0.6 is 11.8 Å². The molecule has 1 aromatic rings. The molecule has 3 aliphatic carbocycles. The Bertz CT molecular complexity index is 1110. The maximum atomic E-state index is 13.5. The lowest BCUT2D eigenvalue weighted by molar-refractivity contribution is -0.205. The Hall–Kier alpha value is -2.13. The zero-order valence-electron chi connectivity index (χ0n) is 21.9. The fourth-order valence-corrected chi connectivity index (χ4v) is 8.11. The number of ether oxygens (including phenoxy) is 1. The Kier molecular flexibility index (Phi) is 7.20. The second-order valence-electron chi connectivity index (χ2n) is 11.5. The summed E-state index contributed by atoms with van der Waals surface area (Å²) in [5.41, 5.74) is -1.84. The van der Waals surface area contributed by atoms with Gasteiger partial charge in [0, 0.05) is 36.3 Å². The van der Waals surface area contributed by atoms with Gasteiger partial charge in [-0.25, -0.2) is 4.98 Å². The molecule has 1 aromatic heterocycles. The van der Waals surface area contributed by atoms with Crippen LogP contribution in [0, 0.1) is 34.0 Å². The van der Waals surface area contributed by atoms with Gasteiger partial charge in [-0.2, -0.15) is 0 Å². The topological polar surface area (TPSA) is 121 Å². The largest absolute Gasteiger partial charge is 0.461 e. The fraction of sp³-hybridized carbons (Fsp3) is 0.704. The number of rotatable bonds is 6. The first-order valence-corrected chi connectivity index (χ1v) is 13.9. The molecule has 8 atom stereocenters. The maximum Gasteiger partial charge on any atom is 0.316 e. The van der Waals surface area contributed by atoms with Gasteiger partial charge in [0.1, 0.15) is 17.7 Å². The molecule has 2 bridgehead atoms. The highest BCUT2D eigenvalue weighted by Crippen LogP contribution is 2.68. The molecule has 3 fully saturated rings. The molecule has 3 aliphatic rings. The van der Waals surface area contributed by atoms with E-state index >= 15 is 0 Å². The summed E-state index contributed by atoms with van der Waals surface area (Å²) in [6, 6.07) is 1.34. The van der Waals surface area contributed by atoms with Crippen molar-refractivity contribution < 1.29 is 19.4 Å². The van der Waals surface area contributed by atoms with E-state index in [4.69, 9.17) is 4.74 Å². The number of Topliss-reactive ketones (excluding diaryl/α,β-unsaturated/α-hetero) is 1. The van der Waals surface area contributed by atoms with Gasteiger partial charge in [-0.15, -0.1) is 6.58 Å². The maximum absolute atomic E-state index is 13.5. The third-order valence-electron chi connectivity index (χ3n) is 9.88. The number of aromatic nitrogens is 2. The van der Waals surface area contributed by atoms with E-state index < -0.39 is 29.0 Å². The summed E-state index contributed by atoms with van der Waals surface area (Å²) in [6.07, 6.45) is 4.01. The van der Waals surface area contributed by atoms with Crippen molar-refractivity contribution in [3.05, 3.63) is 29.1 Å². The molecule has 198 valence electrons. The minimum Gasteiger partial charge on any atom is -0.461 e. The van der Waals surface area contributed by atoms with Crippen LogP contribution in [-0.2, 0) is 14.3 Å².